The highest BCUT2D eigenvalue weighted by molar-refractivity contribution is 6.62. The lowest BCUT2D eigenvalue weighted by Crippen LogP contribution is -2.41. The Morgan fingerprint density at radius 1 is 0.587 bits per heavy atom. The molecular weight excluding hydrogens is 561 g/mol. The van der Waals surface area contributed by atoms with Crippen LogP contribution in [-0.2, 0) is 20.1 Å². The van der Waals surface area contributed by atoms with Crippen molar-refractivity contribution in [2.24, 2.45) is 0 Å². The van der Waals surface area contributed by atoms with Crippen LogP contribution in [0.15, 0.2) is 103 Å². The van der Waals surface area contributed by atoms with E-state index in [0.29, 0.717) is 0 Å². The number of rotatable bonds is 4. The van der Waals surface area contributed by atoms with Gasteiger partial charge in [-0.2, -0.15) is 0 Å². The van der Waals surface area contributed by atoms with Crippen LogP contribution in [0, 0.1) is 0 Å². The summed E-state index contributed by atoms with van der Waals surface area (Å²) < 4.78 is 12.8. The summed E-state index contributed by atoms with van der Waals surface area (Å²) in [6.07, 6.45) is 6.93. The first-order valence-electron chi connectivity index (χ1n) is 16.8. The van der Waals surface area contributed by atoms with Gasteiger partial charge in [0.2, 0.25) is 0 Å². The van der Waals surface area contributed by atoms with Gasteiger partial charge in [0.1, 0.15) is 0 Å². The number of hydrogen-bond donors (Lipinski definition) is 0. The molecule has 0 N–H and O–H groups in total. The van der Waals surface area contributed by atoms with Gasteiger partial charge in [-0.05, 0) is 121 Å². The van der Waals surface area contributed by atoms with Crippen molar-refractivity contribution in [2.45, 2.75) is 90.3 Å². The molecule has 1 aliphatic heterocycles. The van der Waals surface area contributed by atoms with E-state index in [2.05, 4.69) is 157 Å². The second-order valence-corrected chi connectivity index (χ2v) is 15.6. The monoisotopic (exact) mass is 605 g/mol. The Kier molecular flexibility index (Phi) is 6.31. The lowest BCUT2D eigenvalue weighted by atomic mass is 9.78. The minimum atomic E-state index is -0.391. The fourth-order valence-electron chi connectivity index (χ4n) is 8.19. The molecule has 8 rings (SSSR count). The van der Waals surface area contributed by atoms with E-state index in [9.17, 15) is 0 Å². The third-order valence-electron chi connectivity index (χ3n) is 11.7. The maximum Gasteiger partial charge on any atom is 0.494 e. The third-order valence-corrected chi connectivity index (χ3v) is 11.7. The fourth-order valence-corrected chi connectivity index (χ4v) is 8.19. The smallest absolute Gasteiger partial charge is 0.399 e. The zero-order chi connectivity index (χ0) is 32.2. The first-order valence-corrected chi connectivity index (χ1v) is 16.8. The SMILES string of the molecule is CC1(C)C2=C(C=CCC2)c2ccc(N(c3ccc(B4OC(C)(C)C(C)(C)O4)cc3)c3ccc4c(c3)C(C)(C)c3ccccc3-4)cc21. The first-order chi connectivity index (χ1) is 21.8. The van der Waals surface area contributed by atoms with Gasteiger partial charge in [0, 0.05) is 27.9 Å². The molecule has 4 aromatic rings. The molecule has 0 unspecified atom stereocenters. The standard InChI is InChI=1S/C42H44BNO2/c1-39(2)35-15-11-9-13-31(35)33-23-21-29(25-37(33)39)44(28-19-17-27(18-20-28)43-45-41(5,6)42(7,8)46-43)30-22-24-34-32-14-10-12-16-36(32)40(3,4)38(34)26-30/h9-11,13-15,17-26H,12,16H2,1-8H3. The predicted molar refractivity (Wildman–Crippen MR) is 193 cm³/mol. The molecular formula is C42H44BNO2. The zero-order valence-electron chi connectivity index (χ0n) is 28.5. The number of nitrogens with zero attached hydrogens (tertiary/aromatic N) is 1. The molecule has 0 saturated carbocycles. The molecule has 46 heavy (non-hydrogen) atoms. The lowest BCUT2D eigenvalue weighted by Gasteiger charge is -2.32. The van der Waals surface area contributed by atoms with Crippen molar-refractivity contribution in [2.75, 3.05) is 4.90 Å². The number of allylic oxidation sites excluding steroid dienone is 4. The summed E-state index contributed by atoms with van der Waals surface area (Å²) in [4.78, 5) is 2.43. The van der Waals surface area contributed by atoms with Gasteiger partial charge in [-0.15, -0.1) is 0 Å². The summed E-state index contributed by atoms with van der Waals surface area (Å²) in [7, 11) is -0.391. The van der Waals surface area contributed by atoms with E-state index in [4.69, 9.17) is 9.31 Å². The van der Waals surface area contributed by atoms with E-state index in [-0.39, 0.29) is 22.0 Å². The normalized spacial score (nSPS) is 20.7. The minimum absolute atomic E-state index is 0.000703. The quantitative estimate of drug-likeness (QED) is 0.216. The van der Waals surface area contributed by atoms with E-state index in [1.165, 1.54) is 44.6 Å². The van der Waals surface area contributed by atoms with Crippen LogP contribution in [0.1, 0.15) is 90.5 Å². The van der Waals surface area contributed by atoms with Gasteiger partial charge in [-0.3, -0.25) is 0 Å². The highest BCUT2D eigenvalue weighted by Crippen LogP contribution is 2.53. The van der Waals surface area contributed by atoms with E-state index in [1.807, 2.05) is 0 Å². The van der Waals surface area contributed by atoms with Crippen molar-refractivity contribution in [3.8, 4) is 11.1 Å². The van der Waals surface area contributed by atoms with Gasteiger partial charge < -0.3 is 14.2 Å². The molecule has 0 spiro atoms. The van der Waals surface area contributed by atoms with Crippen molar-refractivity contribution in [1.29, 1.82) is 0 Å². The molecule has 0 amide bonds. The Bertz CT molecular complexity index is 1940. The van der Waals surface area contributed by atoms with Gasteiger partial charge in [-0.1, -0.05) is 94.0 Å². The molecule has 4 heteroatoms. The second-order valence-electron chi connectivity index (χ2n) is 15.6. The van der Waals surface area contributed by atoms with Crippen molar-refractivity contribution in [3.05, 3.63) is 125 Å². The van der Waals surface area contributed by atoms with E-state index in [1.54, 1.807) is 5.57 Å². The largest absolute Gasteiger partial charge is 0.494 e. The van der Waals surface area contributed by atoms with Gasteiger partial charge in [-0.25, -0.2) is 0 Å². The Morgan fingerprint density at radius 3 is 1.83 bits per heavy atom. The number of benzene rings is 4. The molecule has 3 nitrogen and oxygen atoms in total. The molecule has 0 aromatic heterocycles. The fraction of sp³-hybridized carbons (Fsp3) is 0.333. The van der Waals surface area contributed by atoms with Gasteiger partial charge in [0.05, 0.1) is 11.2 Å². The van der Waals surface area contributed by atoms with Crippen LogP contribution in [0.25, 0.3) is 16.7 Å². The third kappa shape index (κ3) is 4.19. The maximum atomic E-state index is 6.40. The molecule has 0 radical (unpaired) electrons. The van der Waals surface area contributed by atoms with E-state index >= 15 is 0 Å². The molecule has 0 atom stereocenters. The first kappa shape index (κ1) is 29.5. The van der Waals surface area contributed by atoms with E-state index < -0.39 is 7.12 Å². The molecule has 4 aliphatic rings. The Hall–Kier alpha value is -3.86. The topological polar surface area (TPSA) is 21.7 Å². The van der Waals surface area contributed by atoms with Crippen LogP contribution in [-0.4, -0.2) is 18.3 Å². The van der Waals surface area contributed by atoms with Crippen LogP contribution in [0.3, 0.4) is 0 Å². The van der Waals surface area contributed by atoms with Crippen molar-refractivity contribution < 1.29 is 9.31 Å². The molecule has 3 aliphatic carbocycles. The summed E-state index contributed by atoms with van der Waals surface area (Å²) in [5.74, 6) is 0. The average Bonchev–Trinajstić information content (AvgIpc) is 3.51. The Morgan fingerprint density at radius 2 is 1.15 bits per heavy atom. The van der Waals surface area contributed by atoms with Crippen molar-refractivity contribution in [3.63, 3.8) is 0 Å². The number of fused-ring (bicyclic) bond motifs is 5. The summed E-state index contributed by atoms with van der Waals surface area (Å²) in [5, 5.41) is 0. The van der Waals surface area contributed by atoms with Crippen molar-refractivity contribution in [1.82, 2.24) is 0 Å². The average molecular weight is 606 g/mol. The molecule has 4 aromatic carbocycles. The minimum Gasteiger partial charge on any atom is -0.399 e. The van der Waals surface area contributed by atoms with Crippen LogP contribution >= 0.6 is 0 Å². The molecule has 232 valence electrons. The van der Waals surface area contributed by atoms with Crippen LogP contribution in [0.5, 0.6) is 0 Å². The van der Waals surface area contributed by atoms with Crippen LogP contribution < -0.4 is 10.4 Å². The highest BCUT2D eigenvalue weighted by Gasteiger charge is 2.51. The van der Waals surface area contributed by atoms with Crippen LogP contribution in [0.4, 0.5) is 17.1 Å². The van der Waals surface area contributed by atoms with Gasteiger partial charge >= 0.3 is 7.12 Å². The lowest BCUT2D eigenvalue weighted by molar-refractivity contribution is 0.00578. The second kappa shape index (κ2) is 9.83. The Balaban J connectivity index is 1.25. The summed E-state index contributed by atoms with van der Waals surface area (Å²) in [5.41, 5.74) is 14.9. The molecule has 0 bridgehead atoms. The summed E-state index contributed by atoms with van der Waals surface area (Å²) >= 11 is 0. The van der Waals surface area contributed by atoms with Crippen LogP contribution in [0.2, 0.25) is 0 Å². The molecule has 1 fully saturated rings. The number of anilines is 3. The summed E-state index contributed by atoms with van der Waals surface area (Å²) in [6.45, 7) is 17.9. The molecule has 1 saturated heterocycles. The van der Waals surface area contributed by atoms with Gasteiger partial charge in [0.25, 0.3) is 0 Å². The highest BCUT2D eigenvalue weighted by atomic mass is 16.7. The molecule has 1 heterocycles. The summed E-state index contributed by atoms with van der Waals surface area (Å²) in [6, 6.07) is 31.8. The number of hydrogen-bond acceptors (Lipinski definition) is 3. The van der Waals surface area contributed by atoms with Crippen molar-refractivity contribution >= 4 is 35.2 Å². The van der Waals surface area contributed by atoms with E-state index in [0.717, 1.165) is 29.7 Å². The predicted octanol–water partition coefficient (Wildman–Crippen LogP) is 10.2. The zero-order valence-corrected chi connectivity index (χ0v) is 28.5. The Labute approximate surface area is 275 Å². The maximum absolute atomic E-state index is 6.40. The van der Waals surface area contributed by atoms with Gasteiger partial charge in [0.15, 0.2) is 0 Å².